The van der Waals surface area contributed by atoms with Crippen molar-refractivity contribution in [2.75, 3.05) is 19.3 Å². The summed E-state index contributed by atoms with van der Waals surface area (Å²) in [5, 5.41) is 16.3. The summed E-state index contributed by atoms with van der Waals surface area (Å²) in [5.74, 6) is -0.533. The van der Waals surface area contributed by atoms with E-state index >= 15 is 0 Å². The van der Waals surface area contributed by atoms with Gasteiger partial charge < -0.3 is 0 Å². The molecule has 0 saturated carbocycles. The molecular formula is C6H9N3O2S. The van der Waals surface area contributed by atoms with E-state index in [4.69, 9.17) is 10.5 Å². The molecule has 6 heteroatoms. The molecule has 0 unspecified atom stereocenters. The summed E-state index contributed by atoms with van der Waals surface area (Å²) in [6.07, 6.45) is 0.140. The van der Waals surface area contributed by atoms with Gasteiger partial charge in [-0.25, -0.2) is 12.7 Å². The largest absolute Gasteiger partial charge is 0.227 e. The van der Waals surface area contributed by atoms with E-state index in [-0.39, 0.29) is 13.0 Å². The van der Waals surface area contributed by atoms with Crippen LogP contribution in [0.15, 0.2) is 0 Å². The first kappa shape index (κ1) is 10.9. The molecule has 0 aromatic rings. The minimum absolute atomic E-state index is 0.139. The van der Waals surface area contributed by atoms with Crippen molar-refractivity contribution in [3.63, 3.8) is 0 Å². The van der Waals surface area contributed by atoms with E-state index in [1.165, 1.54) is 7.05 Å². The van der Waals surface area contributed by atoms with E-state index in [1.54, 1.807) is 6.07 Å². The molecule has 12 heavy (non-hydrogen) atoms. The lowest BCUT2D eigenvalue weighted by molar-refractivity contribution is 0.479. The third-order valence-corrected chi connectivity index (χ3v) is 2.89. The van der Waals surface area contributed by atoms with Gasteiger partial charge in [0.1, 0.15) is 0 Å². The first-order chi connectivity index (χ1) is 5.54. The van der Waals surface area contributed by atoms with Crippen molar-refractivity contribution >= 4 is 10.0 Å². The SMILES string of the molecule is CN(CCC#N)S(=O)(=O)CC#N. The van der Waals surface area contributed by atoms with Gasteiger partial charge in [-0.3, -0.25) is 0 Å². The Balaban J connectivity index is 4.21. The lowest BCUT2D eigenvalue weighted by atomic mass is 10.5. The molecule has 0 atom stereocenters. The highest BCUT2D eigenvalue weighted by molar-refractivity contribution is 7.89. The third-order valence-electron chi connectivity index (χ3n) is 1.26. The van der Waals surface area contributed by atoms with Gasteiger partial charge in [0.05, 0.1) is 12.1 Å². The van der Waals surface area contributed by atoms with Crippen molar-refractivity contribution in [2.24, 2.45) is 0 Å². The molecule has 0 aromatic heterocycles. The molecule has 5 nitrogen and oxygen atoms in total. The van der Waals surface area contributed by atoms with Gasteiger partial charge in [0, 0.05) is 20.0 Å². The Hall–Kier alpha value is -1.11. The van der Waals surface area contributed by atoms with E-state index in [2.05, 4.69) is 0 Å². The summed E-state index contributed by atoms with van der Waals surface area (Å²) in [5.41, 5.74) is 0. The third kappa shape index (κ3) is 3.33. The van der Waals surface area contributed by atoms with E-state index in [9.17, 15) is 8.42 Å². The monoisotopic (exact) mass is 187 g/mol. The fourth-order valence-corrected chi connectivity index (χ4v) is 1.29. The zero-order valence-electron chi connectivity index (χ0n) is 6.69. The summed E-state index contributed by atoms with van der Waals surface area (Å²) < 4.78 is 23.1. The topological polar surface area (TPSA) is 85.0 Å². The van der Waals surface area contributed by atoms with Crippen LogP contribution in [-0.4, -0.2) is 32.1 Å². The molecule has 0 heterocycles. The average molecular weight is 187 g/mol. The van der Waals surface area contributed by atoms with Crippen LogP contribution in [0.5, 0.6) is 0 Å². The van der Waals surface area contributed by atoms with Crippen LogP contribution in [0.25, 0.3) is 0 Å². The zero-order chi connectivity index (χ0) is 9.61. The summed E-state index contributed by atoms with van der Waals surface area (Å²) in [7, 11) is -2.11. The van der Waals surface area contributed by atoms with E-state index in [0.717, 1.165) is 4.31 Å². The molecule has 0 aliphatic heterocycles. The first-order valence-electron chi connectivity index (χ1n) is 3.22. The maximum absolute atomic E-state index is 11.0. The molecule has 0 radical (unpaired) electrons. The predicted molar refractivity (Wildman–Crippen MR) is 42.3 cm³/mol. The molecule has 0 amide bonds. The minimum atomic E-state index is -3.46. The van der Waals surface area contributed by atoms with Crippen LogP contribution < -0.4 is 0 Å². The maximum atomic E-state index is 11.0. The van der Waals surface area contributed by atoms with Crippen molar-refractivity contribution in [1.29, 1.82) is 10.5 Å². The van der Waals surface area contributed by atoms with Crippen LogP contribution in [-0.2, 0) is 10.0 Å². The van der Waals surface area contributed by atoms with Crippen LogP contribution in [0.4, 0.5) is 0 Å². The molecular weight excluding hydrogens is 178 g/mol. The quantitative estimate of drug-likeness (QED) is 0.604. The lowest BCUT2D eigenvalue weighted by Crippen LogP contribution is -2.29. The molecule has 0 spiro atoms. The van der Waals surface area contributed by atoms with Crippen LogP contribution in [0, 0.1) is 22.7 Å². The Morgan fingerprint density at radius 1 is 1.33 bits per heavy atom. The number of hydrogen-bond donors (Lipinski definition) is 0. The highest BCUT2D eigenvalue weighted by Gasteiger charge is 2.15. The number of nitrogens with zero attached hydrogens (tertiary/aromatic N) is 3. The van der Waals surface area contributed by atoms with Gasteiger partial charge in [-0.2, -0.15) is 10.5 Å². The minimum Gasteiger partial charge on any atom is -0.211 e. The predicted octanol–water partition coefficient (Wildman–Crippen LogP) is -0.315. The molecule has 0 fully saturated rings. The highest BCUT2D eigenvalue weighted by Crippen LogP contribution is 1.97. The molecule has 0 aromatic carbocycles. The summed E-state index contributed by atoms with van der Waals surface area (Å²) in [6.45, 7) is 0.139. The van der Waals surface area contributed by atoms with Gasteiger partial charge in [-0.15, -0.1) is 0 Å². The Morgan fingerprint density at radius 2 is 1.92 bits per heavy atom. The van der Waals surface area contributed by atoms with E-state index in [0.29, 0.717) is 0 Å². The number of rotatable bonds is 4. The molecule has 0 aliphatic rings. The Labute approximate surface area is 71.9 Å². The van der Waals surface area contributed by atoms with Crippen molar-refractivity contribution < 1.29 is 8.42 Å². The summed E-state index contributed by atoms with van der Waals surface area (Å²) >= 11 is 0. The first-order valence-corrected chi connectivity index (χ1v) is 4.83. The molecule has 0 saturated heterocycles. The van der Waals surface area contributed by atoms with Crippen molar-refractivity contribution in [3.05, 3.63) is 0 Å². The average Bonchev–Trinajstić information content (AvgIpc) is 2.00. The van der Waals surface area contributed by atoms with Gasteiger partial charge in [-0.1, -0.05) is 0 Å². The molecule has 0 aliphatic carbocycles. The second-order valence-electron chi connectivity index (χ2n) is 2.14. The van der Waals surface area contributed by atoms with E-state index < -0.39 is 15.8 Å². The second kappa shape index (κ2) is 4.70. The van der Waals surface area contributed by atoms with E-state index in [1.807, 2.05) is 6.07 Å². The lowest BCUT2D eigenvalue weighted by Gasteiger charge is -2.12. The van der Waals surface area contributed by atoms with Crippen molar-refractivity contribution in [2.45, 2.75) is 6.42 Å². The standard InChI is InChI=1S/C6H9N3O2S/c1-9(5-2-3-7)12(10,11)6-4-8/h2,5-6H2,1H3. The van der Waals surface area contributed by atoms with Gasteiger partial charge in [0.25, 0.3) is 0 Å². The summed E-state index contributed by atoms with van der Waals surface area (Å²) in [4.78, 5) is 0. The van der Waals surface area contributed by atoms with Gasteiger partial charge >= 0.3 is 0 Å². The number of sulfonamides is 1. The van der Waals surface area contributed by atoms with Gasteiger partial charge in [0.15, 0.2) is 5.75 Å². The van der Waals surface area contributed by atoms with Crippen LogP contribution in [0.3, 0.4) is 0 Å². The Kier molecular flexibility index (Phi) is 4.27. The smallest absolute Gasteiger partial charge is 0.211 e. The zero-order valence-corrected chi connectivity index (χ0v) is 7.50. The molecule has 66 valence electrons. The fourth-order valence-electron chi connectivity index (χ4n) is 0.538. The molecule has 0 N–H and O–H groups in total. The van der Waals surface area contributed by atoms with Gasteiger partial charge in [0.2, 0.25) is 10.0 Å². The maximum Gasteiger partial charge on any atom is 0.227 e. The van der Waals surface area contributed by atoms with Crippen molar-refractivity contribution in [3.8, 4) is 12.1 Å². The van der Waals surface area contributed by atoms with Crippen LogP contribution >= 0.6 is 0 Å². The van der Waals surface area contributed by atoms with Gasteiger partial charge in [-0.05, 0) is 0 Å². The second-order valence-corrected chi connectivity index (χ2v) is 4.22. The Morgan fingerprint density at radius 3 is 2.33 bits per heavy atom. The van der Waals surface area contributed by atoms with Crippen LogP contribution in [0.2, 0.25) is 0 Å². The molecule has 0 bridgehead atoms. The highest BCUT2D eigenvalue weighted by atomic mass is 32.2. The summed E-state index contributed by atoms with van der Waals surface area (Å²) in [6, 6.07) is 3.38. The number of hydrogen-bond acceptors (Lipinski definition) is 4. The molecule has 0 rings (SSSR count). The van der Waals surface area contributed by atoms with Crippen molar-refractivity contribution in [1.82, 2.24) is 4.31 Å². The fraction of sp³-hybridized carbons (Fsp3) is 0.667. The number of nitriles is 2. The normalized spacial score (nSPS) is 10.7. The van der Waals surface area contributed by atoms with Crippen LogP contribution in [0.1, 0.15) is 6.42 Å². The Bertz CT molecular complexity index is 309.